The van der Waals surface area contributed by atoms with Crippen LogP contribution in [0.1, 0.15) is 31.2 Å². The number of benzene rings is 1. The molecular weight excluding hydrogens is 314 g/mol. The fraction of sp³-hybridized carbons (Fsp3) is 0.474. The van der Waals surface area contributed by atoms with Crippen LogP contribution in [0.15, 0.2) is 42.6 Å². The standard InChI is InChI=1S/C19H25N5O/c25-19(20-16-9-12-23-11-5-4-8-17(16)23)21-18-10-13-24(22-18)14-15-6-2-1-3-7-15/h1-3,6-7,10,13,16-17H,4-5,8-9,11-12,14H2,(H2,20,21,22,25)/t16-,17-/m1/s1. The van der Waals surface area contributed by atoms with E-state index >= 15 is 0 Å². The molecule has 0 aliphatic carbocycles. The normalized spacial score (nSPS) is 23.2. The van der Waals surface area contributed by atoms with Crippen LogP contribution in [0.2, 0.25) is 0 Å². The number of piperidine rings is 1. The largest absolute Gasteiger partial charge is 0.333 e. The number of carbonyl (C=O) groups excluding carboxylic acids is 1. The molecule has 0 saturated carbocycles. The van der Waals surface area contributed by atoms with E-state index in [1.54, 1.807) is 0 Å². The highest BCUT2D eigenvalue weighted by atomic mass is 16.2. The molecule has 2 aliphatic heterocycles. The molecule has 25 heavy (non-hydrogen) atoms. The van der Waals surface area contributed by atoms with Crippen molar-refractivity contribution in [2.75, 3.05) is 18.4 Å². The van der Waals surface area contributed by atoms with Crippen molar-refractivity contribution in [2.24, 2.45) is 0 Å². The summed E-state index contributed by atoms with van der Waals surface area (Å²) in [5.41, 5.74) is 1.19. The van der Waals surface area contributed by atoms with E-state index < -0.39 is 0 Å². The number of fused-ring (bicyclic) bond motifs is 1. The number of urea groups is 1. The van der Waals surface area contributed by atoms with Crippen molar-refractivity contribution in [2.45, 2.75) is 44.3 Å². The number of nitrogens with zero attached hydrogens (tertiary/aromatic N) is 3. The number of aromatic nitrogens is 2. The monoisotopic (exact) mass is 339 g/mol. The van der Waals surface area contributed by atoms with E-state index in [0.29, 0.717) is 18.4 Å². The molecule has 0 radical (unpaired) electrons. The molecule has 0 spiro atoms. The summed E-state index contributed by atoms with van der Waals surface area (Å²) >= 11 is 0. The Morgan fingerprint density at radius 3 is 2.88 bits per heavy atom. The van der Waals surface area contributed by atoms with Gasteiger partial charge in [0.25, 0.3) is 0 Å². The van der Waals surface area contributed by atoms with Crippen LogP contribution in [-0.4, -0.2) is 45.9 Å². The highest BCUT2D eigenvalue weighted by Gasteiger charge is 2.36. The fourth-order valence-corrected chi connectivity index (χ4v) is 4.02. The number of nitrogens with one attached hydrogen (secondary N) is 2. The zero-order valence-electron chi connectivity index (χ0n) is 14.4. The second-order valence-corrected chi connectivity index (χ2v) is 6.98. The molecule has 6 nitrogen and oxygen atoms in total. The minimum absolute atomic E-state index is 0.151. The first kappa shape index (κ1) is 16.1. The van der Waals surface area contributed by atoms with Crippen molar-refractivity contribution in [1.82, 2.24) is 20.0 Å². The molecule has 0 bridgehead atoms. The van der Waals surface area contributed by atoms with E-state index in [-0.39, 0.29) is 12.1 Å². The van der Waals surface area contributed by atoms with Gasteiger partial charge in [0, 0.05) is 30.9 Å². The van der Waals surface area contributed by atoms with Crippen LogP contribution in [0.4, 0.5) is 10.6 Å². The average molecular weight is 339 g/mol. The van der Waals surface area contributed by atoms with Crippen LogP contribution in [0.25, 0.3) is 0 Å². The minimum Gasteiger partial charge on any atom is -0.333 e. The van der Waals surface area contributed by atoms with Crippen molar-refractivity contribution in [3.63, 3.8) is 0 Å². The maximum atomic E-state index is 12.3. The third-order valence-corrected chi connectivity index (χ3v) is 5.24. The zero-order valence-corrected chi connectivity index (χ0v) is 14.4. The number of anilines is 1. The van der Waals surface area contributed by atoms with Crippen molar-refractivity contribution >= 4 is 11.8 Å². The van der Waals surface area contributed by atoms with Gasteiger partial charge in [-0.15, -0.1) is 0 Å². The second kappa shape index (κ2) is 7.27. The average Bonchev–Trinajstić information content (AvgIpc) is 3.23. The Balaban J connectivity index is 1.31. The highest BCUT2D eigenvalue weighted by molar-refractivity contribution is 5.88. The summed E-state index contributed by atoms with van der Waals surface area (Å²) in [5, 5.41) is 10.5. The Morgan fingerprint density at radius 1 is 1.12 bits per heavy atom. The Labute approximate surface area is 148 Å². The van der Waals surface area contributed by atoms with Crippen LogP contribution < -0.4 is 10.6 Å². The van der Waals surface area contributed by atoms with E-state index in [2.05, 4.69) is 32.8 Å². The molecule has 4 rings (SSSR count). The molecule has 3 heterocycles. The topological polar surface area (TPSA) is 62.2 Å². The number of hydrogen-bond donors (Lipinski definition) is 2. The zero-order chi connectivity index (χ0) is 17.1. The third-order valence-electron chi connectivity index (χ3n) is 5.24. The van der Waals surface area contributed by atoms with E-state index in [0.717, 1.165) is 13.0 Å². The van der Waals surface area contributed by atoms with E-state index in [9.17, 15) is 4.79 Å². The smallest absolute Gasteiger partial charge is 0.320 e. The first-order chi connectivity index (χ1) is 12.3. The SMILES string of the molecule is O=C(Nc1ccn(Cc2ccccc2)n1)N[C@@H]1CCN2CCCC[C@H]12. The van der Waals surface area contributed by atoms with Crippen LogP contribution in [0, 0.1) is 0 Å². The van der Waals surface area contributed by atoms with Gasteiger partial charge in [-0.3, -0.25) is 14.9 Å². The van der Waals surface area contributed by atoms with E-state index in [1.165, 1.54) is 31.4 Å². The first-order valence-electron chi connectivity index (χ1n) is 9.17. The molecule has 132 valence electrons. The number of rotatable bonds is 4. The Hall–Kier alpha value is -2.34. The van der Waals surface area contributed by atoms with Crippen molar-refractivity contribution in [3.8, 4) is 0 Å². The van der Waals surface area contributed by atoms with Gasteiger partial charge in [-0.05, 0) is 31.4 Å². The molecule has 1 aromatic carbocycles. The molecule has 2 N–H and O–H groups in total. The van der Waals surface area contributed by atoms with Crippen LogP contribution in [0.5, 0.6) is 0 Å². The number of hydrogen-bond acceptors (Lipinski definition) is 3. The Morgan fingerprint density at radius 2 is 2.00 bits per heavy atom. The molecule has 0 unspecified atom stereocenters. The molecule has 2 amide bonds. The van der Waals surface area contributed by atoms with Crippen molar-refractivity contribution in [3.05, 3.63) is 48.2 Å². The van der Waals surface area contributed by atoms with Gasteiger partial charge in [0.2, 0.25) is 0 Å². The first-order valence-corrected chi connectivity index (χ1v) is 9.17. The van der Waals surface area contributed by atoms with Gasteiger partial charge in [-0.2, -0.15) is 5.10 Å². The lowest BCUT2D eigenvalue weighted by molar-refractivity contribution is 0.180. The van der Waals surface area contributed by atoms with Crippen LogP contribution >= 0.6 is 0 Å². The quantitative estimate of drug-likeness (QED) is 0.900. The lowest BCUT2D eigenvalue weighted by atomic mass is 9.99. The summed E-state index contributed by atoms with van der Waals surface area (Å²) in [7, 11) is 0. The van der Waals surface area contributed by atoms with Gasteiger partial charge in [0.05, 0.1) is 6.54 Å². The molecule has 2 aromatic rings. The van der Waals surface area contributed by atoms with E-state index in [1.807, 2.05) is 35.1 Å². The van der Waals surface area contributed by atoms with Gasteiger partial charge < -0.3 is 5.32 Å². The highest BCUT2D eigenvalue weighted by Crippen LogP contribution is 2.27. The Bertz CT molecular complexity index is 714. The predicted octanol–water partition coefficient (Wildman–Crippen LogP) is 2.68. The molecule has 2 saturated heterocycles. The lowest BCUT2D eigenvalue weighted by Crippen LogP contribution is -2.48. The van der Waals surface area contributed by atoms with Gasteiger partial charge in [0.15, 0.2) is 5.82 Å². The molecular formula is C19H25N5O. The third kappa shape index (κ3) is 3.85. The summed E-state index contributed by atoms with van der Waals surface area (Å²) in [6.07, 6.45) is 6.68. The maximum absolute atomic E-state index is 12.3. The van der Waals surface area contributed by atoms with Crippen LogP contribution in [-0.2, 0) is 6.54 Å². The number of amides is 2. The fourth-order valence-electron chi connectivity index (χ4n) is 4.02. The van der Waals surface area contributed by atoms with Gasteiger partial charge in [-0.1, -0.05) is 36.8 Å². The molecule has 2 atom stereocenters. The summed E-state index contributed by atoms with van der Waals surface area (Å²) in [4.78, 5) is 14.8. The number of carbonyl (C=O) groups is 1. The second-order valence-electron chi connectivity index (χ2n) is 6.98. The van der Waals surface area contributed by atoms with Gasteiger partial charge >= 0.3 is 6.03 Å². The minimum atomic E-state index is -0.151. The summed E-state index contributed by atoms with van der Waals surface area (Å²) in [6, 6.07) is 12.6. The predicted molar refractivity (Wildman–Crippen MR) is 97.5 cm³/mol. The van der Waals surface area contributed by atoms with Gasteiger partial charge in [-0.25, -0.2) is 4.79 Å². The molecule has 6 heteroatoms. The van der Waals surface area contributed by atoms with Crippen molar-refractivity contribution < 1.29 is 4.79 Å². The lowest BCUT2D eigenvalue weighted by Gasteiger charge is -2.32. The summed E-state index contributed by atoms with van der Waals surface area (Å²) < 4.78 is 1.84. The van der Waals surface area contributed by atoms with Crippen LogP contribution in [0.3, 0.4) is 0 Å². The summed E-state index contributed by atoms with van der Waals surface area (Å²) in [5.74, 6) is 0.590. The summed E-state index contributed by atoms with van der Waals surface area (Å²) in [6.45, 7) is 2.97. The molecule has 2 aliphatic rings. The van der Waals surface area contributed by atoms with E-state index in [4.69, 9.17) is 0 Å². The maximum Gasteiger partial charge on any atom is 0.320 e. The van der Waals surface area contributed by atoms with Crippen molar-refractivity contribution in [1.29, 1.82) is 0 Å². The van der Waals surface area contributed by atoms with Gasteiger partial charge in [0.1, 0.15) is 0 Å². The molecule has 2 fully saturated rings. The molecule has 1 aromatic heterocycles. The Kier molecular flexibility index (Phi) is 4.70.